The summed E-state index contributed by atoms with van der Waals surface area (Å²) in [5.41, 5.74) is -0.786. The number of nitrogens with one attached hydrogen (secondary N) is 5. The first-order valence-corrected chi connectivity index (χ1v) is 20.6. The summed E-state index contributed by atoms with van der Waals surface area (Å²) in [7, 11) is 0. The van der Waals surface area contributed by atoms with Crippen LogP contribution in [0.2, 0.25) is 0 Å². The molecule has 0 aromatic rings. The van der Waals surface area contributed by atoms with Crippen LogP contribution < -0.4 is 26.6 Å². The number of Topliss-reactive ketones (excluding diaryl/α,β-unsaturated/α-hetero) is 1. The zero-order valence-corrected chi connectivity index (χ0v) is 33.1. The molecular formula is C42H64N6O6. The first-order valence-electron chi connectivity index (χ1n) is 20.6. The molecule has 1 saturated heterocycles. The smallest absolute Gasteiger partial charge is 0.315 e. The van der Waals surface area contributed by atoms with Crippen LogP contribution in [0.3, 0.4) is 0 Å². The number of nitrogens with zero attached hydrogens (tertiary/aromatic N) is 1. The number of allylic oxidation sites excluding steroid dienone is 1. The molecule has 7 fully saturated rings. The van der Waals surface area contributed by atoms with E-state index in [4.69, 9.17) is 0 Å². The van der Waals surface area contributed by atoms with Crippen molar-refractivity contribution in [1.29, 1.82) is 0 Å². The number of hydrogen-bond donors (Lipinski definition) is 5. The predicted octanol–water partition coefficient (Wildman–Crippen LogP) is 4.29. The molecule has 0 spiro atoms. The van der Waals surface area contributed by atoms with Gasteiger partial charge in [0.05, 0.1) is 6.04 Å². The Labute approximate surface area is 321 Å². The molecule has 12 nitrogen and oxygen atoms in total. The molecule has 0 radical (unpaired) electrons. The fourth-order valence-corrected chi connectivity index (χ4v) is 11.3. The number of ketones is 1. The molecule has 0 aromatic heterocycles. The molecule has 7 aliphatic rings. The summed E-state index contributed by atoms with van der Waals surface area (Å²) >= 11 is 0. The average molecular weight is 749 g/mol. The fraction of sp³-hybridized carbons (Fsp3) is 0.762. The van der Waals surface area contributed by atoms with Crippen molar-refractivity contribution in [2.75, 3.05) is 13.1 Å². The summed E-state index contributed by atoms with van der Waals surface area (Å²) in [6, 6.07) is -2.99. The van der Waals surface area contributed by atoms with Crippen LogP contribution in [0.1, 0.15) is 118 Å². The van der Waals surface area contributed by atoms with Crippen LogP contribution in [0.25, 0.3) is 0 Å². The van der Waals surface area contributed by atoms with Crippen LogP contribution in [-0.4, -0.2) is 82.6 Å². The van der Waals surface area contributed by atoms with Gasteiger partial charge in [-0.1, -0.05) is 45.3 Å². The van der Waals surface area contributed by atoms with Crippen LogP contribution in [0, 0.1) is 40.9 Å². The van der Waals surface area contributed by atoms with E-state index < -0.39 is 41.3 Å². The lowest BCUT2D eigenvalue weighted by Crippen LogP contribution is -2.64. The Kier molecular flexibility index (Phi) is 11.7. The number of rotatable bonds is 14. The van der Waals surface area contributed by atoms with Crippen LogP contribution in [0.15, 0.2) is 24.8 Å². The molecule has 1 aliphatic heterocycles. The number of hydrogen-bond acceptors (Lipinski definition) is 6. The zero-order chi connectivity index (χ0) is 39.0. The Morgan fingerprint density at radius 2 is 1.54 bits per heavy atom. The van der Waals surface area contributed by atoms with Crippen LogP contribution >= 0.6 is 0 Å². The zero-order valence-electron chi connectivity index (χ0n) is 33.1. The standard InChI is InChI=1S/C42H64N6O6/c1-7-8-15-30(35(50)37(52)43-17-12-16-31(49)46-40(2,3)4)44-36(51)34-32-29(41(32,5)6)24-48(34)38(53)33(28-13-10-9-11-14-28)45-39(54)47-42-21-25-18-26(22-42)20-27(19-25)23-42/h7,12,16,25-30,32-34H,1,8-11,13-15,17-24H2,2-6H3,(H,43,52)(H,44,51)(H,46,49)(H2,45,47,54)/t25?,26?,27?,29-,30?,32-,33-,34-,42?/m0/s1. The Morgan fingerprint density at radius 3 is 2.13 bits per heavy atom. The second kappa shape index (κ2) is 15.8. The summed E-state index contributed by atoms with van der Waals surface area (Å²) in [5, 5.41) is 14.8. The highest BCUT2D eigenvalue weighted by atomic mass is 16.2. The highest BCUT2D eigenvalue weighted by Crippen LogP contribution is 2.65. The number of carbonyl (C=O) groups excluding carboxylic acids is 6. The van der Waals surface area contributed by atoms with Gasteiger partial charge in [0.1, 0.15) is 12.1 Å². The van der Waals surface area contributed by atoms with Crippen LogP contribution in [-0.2, 0) is 24.0 Å². The van der Waals surface area contributed by atoms with Gasteiger partial charge in [0.2, 0.25) is 23.5 Å². The van der Waals surface area contributed by atoms with Gasteiger partial charge in [-0.05, 0) is 126 Å². The van der Waals surface area contributed by atoms with Gasteiger partial charge in [0, 0.05) is 30.2 Å². The van der Waals surface area contributed by atoms with Gasteiger partial charge in [-0.25, -0.2) is 4.79 Å². The Hall–Kier alpha value is -3.70. The van der Waals surface area contributed by atoms with Crippen molar-refractivity contribution in [1.82, 2.24) is 31.5 Å². The summed E-state index contributed by atoms with van der Waals surface area (Å²) in [5.74, 6) is -0.712. The van der Waals surface area contributed by atoms with Gasteiger partial charge in [-0.3, -0.25) is 24.0 Å². The molecule has 54 heavy (non-hydrogen) atoms. The molecule has 1 unspecified atom stereocenters. The minimum absolute atomic E-state index is 0.0267. The lowest BCUT2D eigenvalue weighted by molar-refractivity contribution is -0.144. The SMILES string of the molecule is C=CCCC(NC(=O)[C@@H]1[C@@H]2[C@H](CN1C(=O)[C@@H](NC(=O)NC13CC4CC(CC(C4)C1)C3)C1CCCCC1)C2(C)C)C(=O)C(=O)NCC=CC(=O)NC(C)(C)C. The van der Waals surface area contributed by atoms with Crippen molar-refractivity contribution in [3.05, 3.63) is 24.8 Å². The number of likely N-dealkylation sites (tertiary alicyclic amines) is 1. The largest absolute Gasteiger partial charge is 0.348 e. The van der Waals surface area contributed by atoms with Crippen molar-refractivity contribution >= 4 is 35.4 Å². The molecule has 4 bridgehead atoms. The molecule has 7 rings (SSSR count). The second-order valence-electron chi connectivity index (χ2n) is 19.2. The maximum atomic E-state index is 14.7. The second-order valence-corrected chi connectivity index (χ2v) is 19.2. The third kappa shape index (κ3) is 8.88. The molecule has 6 aliphatic carbocycles. The number of fused-ring (bicyclic) bond motifs is 1. The first-order chi connectivity index (χ1) is 25.5. The van der Waals surface area contributed by atoms with E-state index in [1.165, 1.54) is 31.4 Å². The third-order valence-corrected chi connectivity index (χ3v) is 13.5. The van der Waals surface area contributed by atoms with Gasteiger partial charge >= 0.3 is 6.03 Å². The number of amides is 6. The Balaban J connectivity index is 1.14. The molecule has 0 aromatic carbocycles. The fourth-order valence-electron chi connectivity index (χ4n) is 11.3. The van der Waals surface area contributed by atoms with E-state index in [1.807, 2.05) is 20.8 Å². The first kappa shape index (κ1) is 40.0. The topological polar surface area (TPSA) is 166 Å². The lowest BCUT2D eigenvalue weighted by Gasteiger charge is -2.56. The summed E-state index contributed by atoms with van der Waals surface area (Å²) < 4.78 is 0. The molecule has 1 heterocycles. The number of piperidine rings is 1. The summed E-state index contributed by atoms with van der Waals surface area (Å²) in [6.45, 7) is 13.9. The van der Waals surface area contributed by atoms with Crippen molar-refractivity contribution in [2.45, 2.75) is 147 Å². The Morgan fingerprint density at radius 1 is 0.907 bits per heavy atom. The molecule has 5 N–H and O–H groups in total. The van der Waals surface area contributed by atoms with Gasteiger partial charge in [0.15, 0.2) is 0 Å². The highest BCUT2D eigenvalue weighted by molar-refractivity contribution is 6.38. The lowest BCUT2D eigenvalue weighted by atomic mass is 9.53. The van der Waals surface area contributed by atoms with Crippen molar-refractivity contribution in [2.24, 2.45) is 40.9 Å². The monoisotopic (exact) mass is 748 g/mol. The van der Waals surface area contributed by atoms with Gasteiger partial charge < -0.3 is 31.5 Å². The third-order valence-electron chi connectivity index (χ3n) is 13.5. The molecular weight excluding hydrogens is 684 g/mol. The molecule has 5 atom stereocenters. The van der Waals surface area contributed by atoms with E-state index in [-0.39, 0.29) is 59.5 Å². The highest BCUT2D eigenvalue weighted by Gasteiger charge is 2.70. The normalized spacial score (nSPS) is 31.9. The van der Waals surface area contributed by atoms with E-state index in [0.29, 0.717) is 30.7 Å². The molecule has 12 heteroatoms. The average Bonchev–Trinajstić information content (AvgIpc) is 3.39. The van der Waals surface area contributed by atoms with E-state index in [0.717, 1.165) is 51.4 Å². The maximum Gasteiger partial charge on any atom is 0.315 e. The molecule has 298 valence electrons. The number of urea groups is 1. The summed E-state index contributed by atoms with van der Waals surface area (Å²) in [4.78, 5) is 83.1. The predicted molar refractivity (Wildman–Crippen MR) is 206 cm³/mol. The Bertz CT molecular complexity index is 1490. The van der Waals surface area contributed by atoms with E-state index >= 15 is 0 Å². The molecule has 6 saturated carbocycles. The van der Waals surface area contributed by atoms with Gasteiger partial charge in [-0.2, -0.15) is 0 Å². The van der Waals surface area contributed by atoms with Crippen molar-refractivity contribution in [3.8, 4) is 0 Å². The van der Waals surface area contributed by atoms with Crippen LogP contribution in [0.4, 0.5) is 4.79 Å². The number of carbonyl (C=O) groups is 6. The van der Waals surface area contributed by atoms with Gasteiger partial charge in [0.25, 0.3) is 5.91 Å². The quantitative estimate of drug-likeness (QED) is 0.101. The maximum absolute atomic E-state index is 14.7. The van der Waals surface area contributed by atoms with E-state index in [2.05, 4.69) is 47.0 Å². The van der Waals surface area contributed by atoms with Crippen LogP contribution in [0.5, 0.6) is 0 Å². The minimum Gasteiger partial charge on any atom is -0.348 e. The van der Waals surface area contributed by atoms with Gasteiger partial charge in [-0.15, -0.1) is 6.58 Å². The van der Waals surface area contributed by atoms with Crippen molar-refractivity contribution in [3.63, 3.8) is 0 Å². The summed E-state index contributed by atoms with van der Waals surface area (Å²) in [6.07, 6.45) is 16.5. The minimum atomic E-state index is -1.13. The van der Waals surface area contributed by atoms with Crippen molar-refractivity contribution < 1.29 is 28.8 Å². The van der Waals surface area contributed by atoms with E-state index in [9.17, 15) is 28.8 Å². The molecule has 6 amide bonds. The van der Waals surface area contributed by atoms with E-state index in [1.54, 1.807) is 11.0 Å².